The van der Waals surface area contributed by atoms with Crippen LogP contribution in [0.1, 0.15) is 30.7 Å². The summed E-state index contributed by atoms with van der Waals surface area (Å²) in [6.07, 6.45) is 1.93. The number of nitriles is 1. The highest BCUT2D eigenvalue weighted by molar-refractivity contribution is 5.73. The number of aryl methyl sites for hydroxylation is 1. The Bertz CT molecular complexity index is 438. The Hall–Kier alpha value is -2.16. The minimum absolute atomic E-state index is 0.288. The number of aromatic nitrogens is 2. The van der Waals surface area contributed by atoms with Crippen molar-refractivity contribution in [2.45, 2.75) is 26.2 Å². The first-order valence-electron chi connectivity index (χ1n) is 5.40. The van der Waals surface area contributed by atoms with Crippen molar-refractivity contribution in [1.29, 1.82) is 5.26 Å². The molecular weight excluding hydrogens is 218 g/mol. The Morgan fingerprint density at radius 1 is 1.53 bits per heavy atom. The third-order valence-corrected chi connectivity index (χ3v) is 2.10. The van der Waals surface area contributed by atoms with E-state index in [-0.39, 0.29) is 5.91 Å². The molecule has 0 fully saturated rings. The van der Waals surface area contributed by atoms with E-state index >= 15 is 0 Å². The molecule has 1 rings (SSSR count). The molecule has 1 aromatic rings. The van der Waals surface area contributed by atoms with Crippen molar-refractivity contribution in [3.63, 3.8) is 0 Å². The van der Waals surface area contributed by atoms with Gasteiger partial charge in [-0.3, -0.25) is 4.79 Å². The largest absolute Gasteiger partial charge is 0.370 e. The lowest BCUT2D eigenvalue weighted by atomic mass is 10.2. The highest BCUT2D eigenvalue weighted by atomic mass is 16.1. The standard InChI is InChI=1S/C11H15N5O/c1-8-6-9(7-12)16-11(15-8)14-5-3-2-4-10(13)17/h6H,2-5H2,1H3,(H2,13,17)(H,14,15,16). The molecule has 0 atom stereocenters. The molecule has 6 nitrogen and oxygen atoms in total. The van der Waals surface area contributed by atoms with Crippen molar-refractivity contribution in [2.24, 2.45) is 5.73 Å². The van der Waals surface area contributed by atoms with E-state index in [9.17, 15) is 4.79 Å². The summed E-state index contributed by atoms with van der Waals surface area (Å²) < 4.78 is 0. The zero-order valence-electron chi connectivity index (χ0n) is 9.73. The van der Waals surface area contributed by atoms with E-state index in [1.54, 1.807) is 13.0 Å². The van der Waals surface area contributed by atoms with E-state index in [4.69, 9.17) is 11.0 Å². The lowest BCUT2D eigenvalue weighted by molar-refractivity contribution is -0.118. The summed E-state index contributed by atoms with van der Waals surface area (Å²) in [5, 5.41) is 11.7. The lowest BCUT2D eigenvalue weighted by Crippen LogP contribution is -2.11. The van der Waals surface area contributed by atoms with Crippen molar-refractivity contribution < 1.29 is 4.79 Å². The second-order valence-electron chi connectivity index (χ2n) is 3.68. The molecule has 0 saturated carbocycles. The van der Waals surface area contributed by atoms with Gasteiger partial charge in [-0.2, -0.15) is 5.26 Å². The molecular formula is C11H15N5O. The van der Waals surface area contributed by atoms with Gasteiger partial charge in [-0.05, 0) is 25.8 Å². The van der Waals surface area contributed by atoms with Crippen LogP contribution in [0.5, 0.6) is 0 Å². The van der Waals surface area contributed by atoms with Gasteiger partial charge in [0.2, 0.25) is 11.9 Å². The SMILES string of the molecule is Cc1cc(C#N)nc(NCCCCC(N)=O)n1. The van der Waals surface area contributed by atoms with Crippen LogP contribution in [0, 0.1) is 18.3 Å². The fourth-order valence-corrected chi connectivity index (χ4v) is 1.33. The van der Waals surface area contributed by atoms with E-state index in [0.29, 0.717) is 24.6 Å². The van der Waals surface area contributed by atoms with Gasteiger partial charge in [0.15, 0.2) is 0 Å². The molecule has 90 valence electrons. The number of primary amides is 1. The van der Waals surface area contributed by atoms with Crippen LogP contribution in [0.4, 0.5) is 5.95 Å². The first kappa shape index (κ1) is 12.9. The summed E-state index contributed by atoms with van der Waals surface area (Å²) in [4.78, 5) is 18.7. The highest BCUT2D eigenvalue weighted by Crippen LogP contribution is 2.04. The van der Waals surface area contributed by atoms with Crippen molar-refractivity contribution >= 4 is 11.9 Å². The molecule has 0 aliphatic rings. The highest BCUT2D eigenvalue weighted by Gasteiger charge is 2.01. The van der Waals surface area contributed by atoms with Crippen molar-refractivity contribution in [3.05, 3.63) is 17.5 Å². The average molecular weight is 233 g/mol. The van der Waals surface area contributed by atoms with E-state index in [1.165, 1.54) is 0 Å². The number of rotatable bonds is 6. The Morgan fingerprint density at radius 2 is 2.29 bits per heavy atom. The third-order valence-electron chi connectivity index (χ3n) is 2.10. The van der Waals surface area contributed by atoms with Crippen molar-refractivity contribution in [1.82, 2.24) is 9.97 Å². The van der Waals surface area contributed by atoms with E-state index in [1.807, 2.05) is 6.07 Å². The predicted molar refractivity (Wildman–Crippen MR) is 63.0 cm³/mol. The average Bonchev–Trinajstić information content (AvgIpc) is 2.27. The molecule has 0 aromatic carbocycles. The maximum atomic E-state index is 10.5. The van der Waals surface area contributed by atoms with Gasteiger partial charge < -0.3 is 11.1 Å². The van der Waals surface area contributed by atoms with Crippen LogP contribution in [0.15, 0.2) is 6.07 Å². The molecule has 6 heteroatoms. The number of anilines is 1. The van der Waals surface area contributed by atoms with Crippen molar-refractivity contribution in [2.75, 3.05) is 11.9 Å². The summed E-state index contributed by atoms with van der Waals surface area (Å²) in [6, 6.07) is 3.60. The number of nitrogens with one attached hydrogen (secondary N) is 1. The van der Waals surface area contributed by atoms with Gasteiger partial charge in [0.1, 0.15) is 11.8 Å². The Balaban J connectivity index is 2.39. The fourth-order valence-electron chi connectivity index (χ4n) is 1.33. The molecule has 0 aliphatic heterocycles. The third kappa shape index (κ3) is 4.93. The van der Waals surface area contributed by atoms with Crippen LogP contribution in [0.2, 0.25) is 0 Å². The minimum atomic E-state index is -0.288. The number of unbranched alkanes of at least 4 members (excludes halogenated alkanes) is 1. The van der Waals surface area contributed by atoms with Crippen LogP contribution >= 0.6 is 0 Å². The number of nitrogens with two attached hydrogens (primary N) is 1. The molecule has 0 radical (unpaired) electrons. The Morgan fingerprint density at radius 3 is 2.94 bits per heavy atom. The number of hydrogen-bond donors (Lipinski definition) is 2. The van der Waals surface area contributed by atoms with E-state index in [2.05, 4.69) is 15.3 Å². The molecule has 0 aliphatic carbocycles. The molecule has 17 heavy (non-hydrogen) atoms. The van der Waals surface area contributed by atoms with Crippen LogP contribution in [0.25, 0.3) is 0 Å². The number of carbonyl (C=O) groups excluding carboxylic acids is 1. The van der Waals surface area contributed by atoms with Gasteiger partial charge in [-0.15, -0.1) is 0 Å². The smallest absolute Gasteiger partial charge is 0.224 e. The number of nitrogens with zero attached hydrogens (tertiary/aromatic N) is 3. The van der Waals surface area contributed by atoms with Crippen molar-refractivity contribution in [3.8, 4) is 6.07 Å². The number of carbonyl (C=O) groups is 1. The number of hydrogen-bond acceptors (Lipinski definition) is 5. The molecule has 3 N–H and O–H groups in total. The molecule has 1 aromatic heterocycles. The second-order valence-corrected chi connectivity index (χ2v) is 3.68. The predicted octanol–water partition coefficient (Wildman–Crippen LogP) is 0.724. The van der Waals surface area contributed by atoms with Crippen LogP contribution in [-0.4, -0.2) is 22.4 Å². The van der Waals surface area contributed by atoms with Crippen LogP contribution in [-0.2, 0) is 4.79 Å². The molecule has 0 bridgehead atoms. The summed E-state index contributed by atoms with van der Waals surface area (Å²) in [5.74, 6) is 0.157. The first-order valence-corrected chi connectivity index (χ1v) is 5.40. The van der Waals surface area contributed by atoms with Gasteiger partial charge in [0.25, 0.3) is 0 Å². The van der Waals surface area contributed by atoms with Gasteiger partial charge in [0, 0.05) is 18.7 Å². The molecule has 1 heterocycles. The minimum Gasteiger partial charge on any atom is -0.370 e. The summed E-state index contributed by atoms with van der Waals surface area (Å²) in [5.41, 5.74) is 6.11. The zero-order valence-corrected chi connectivity index (χ0v) is 9.73. The van der Waals surface area contributed by atoms with Crippen LogP contribution in [0.3, 0.4) is 0 Å². The Kier molecular flexibility index (Phi) is 4.88. The quantitative estimate of drug-likeness (QED) is 0.704. The summed E-state index contributed by atoms with van der Waals surface area (Å²) in [7, 11) is 0. The summed E-state index contributed by atoms with van der Waals surface area (Å²) >= 11 is 0. The van der Waals surface area contributed by atoms with Crippen LogP contribution < -0.4 is 11.1 Å². The normalized spacial score (nSPS) is 9.65. The molecule has 0 saturated heterocycles. The molecule has 0 unspecified atom stereocenters. The lowest BCUT2D eigenvalue weighted by Gasteiger charge is -2.05. The zero-order chi connectivity index (χ0) is 12.7. The van der Waals surface area contributed by atoms with E-state index in [0.717, 1.165) is 18.5 Å². The fraction of sp³-hybridized carbons (Fsp3) is 0.455. The first-order chi connectivity index (χ1) is 8.11. The summed E-state index contributed by atoms with van der Waals surface area (Å²) in [6.45, 7) is 2.46. The number of amides is 1. The van der Waals surface area contributed by atoms with Gasteiger partial charge in [-0.25, -0.2) is 9.97 Å². The molecule has 0 spiro atoms. The monoisotopic (exact) mass is 233 g/mol. The topological polar surface area (TPSA) is 105 Å². The maximum Gasteiger partial charge on any atom is 0.224 e. The Labute approximate surface area is 99.9 Å². The van der Waals surface area contributed by atoms with E-state index < -0.39 is 0 Å². The van der Waals surface area contributed by atoms with Gasteiger partial charge >= 0.3 is 0 Å². The van der Waals surface area contributed by atoms with Gasteiger partial charge in [-0.1, -0.05) is 0 Å². The van der Waals surface area contributed by atoms with Gasteiger partial charge in [0.05, 0.1) is 0 Å². The second kappa shape index (κ2) is 6.43. The molecule has 1 amide bonds. The maximum absolute atomic E-state index is 10.5.